The van der Waals surface area contributed by atoms with E-state index in [0.29, 0.717) is 6.54 Å². The van der Waals surface area contributed by atoms with Crippen molar-refractivity contribution in [1.82, 2.24) is 0 Å². The van der Waals surface area contributed by atoms with Gasteiger partial charge in [-0.25, -0.2) is 0 Å². The summed E-state index contributed by atoms with van der Waals surface area (Å²) < 4.78 is 0. The highest BCUT2D eigenvalue weighted by Gasteiger charge is 2.19. The van der Waals surface area contributed by atoms with Gasteiger partial charge in [-0.2, -0.15) is 0 Å². The summed E-state index contributed by atoms with van der Waals surface area (Å²) in [6, 6.07) is 15.5. The van der Waals surface area contributed by atoms with E-state index in [4.69, 9.17) is 5.73 Å². The summed E-state index contributed by atoms with van der Waals surface area (Å²) in [4.78, 5) is 2.39. The minimum absolute atomic E-state index is 0.221. The number of nitrogens with zero attached hydrogens (tertiary/aromatic N) is 1. The molecule has 0 saturated heterocycles. The average molecular weight is 282 g/mol. The first-order valence-electron chi connectivity index (χ1n) is 7.67. The van der Waals surface area contributed by atoms with E-state index in [0.717, 1.165) is 6.54 Å². The summed E-state index contributed by atoms with van der Waals surface area (Å²) in [5.41, 5.74) is 12.6. The predicted molar refractivity (Wildman–Crippen MR) is 91.9 cm³/mol. The van der Waals surface area contributed by atoms with E-state index in [1.165, 1.54) is 27.9 Å². The van der Waals surface area contributed by atoms with Gasteiger partial charge in [0, 0.05) is 18.8 Å². The summed E-state index contributed by atoms with van der Waals surface area (Å²) >= 11 is 0. The fraction of sp³-hybridized carbons (Fsp3) is 0.368. The Morgan fingerprint density at radius 3 is 2.10 bits per heavy atom. The van der Waals surface area contributed by atoms with Gasteiger partial charge in [0.05, 0.1) is 6.04 Å². The lowest BCUT2D eigenvalue weighted by atomic mass is 9.97. The van der Waals surface area contributed by atoms with Crippen molar-refractivity contribution in [3.63, 3.8) is 0 Å². The molecule has 1 unspecified atom stereocenters. The molecule has 0 bridgehead atoms. The minimum Gasteiger partial charge on any atom is -0.363 e. The topological polar surface area (TPSA) is 29.3 Å². The highest BCUT2D eigenvalue weighted by molar-refractivity contribution is 5.51. The molecular formula is C19H26N2. The zero-order valence-corrected chi connectivity index (χ0v) is 13.6. The van der Waals surface area contributed by atoms with Crippen molar-refractivity contribution in [2.75, 3.05) is 18.0 Å². The third-order valence-electron chi connectivity index (χ3n) is 4.09. The molecule has 0 spiro atoms. The highest BCUT2D eigenvalue weighted by atomic mass is 15.2. The van der Waals surface area contributed by atoms with Crippen LogP contribution in [-0.4, -0.2) is 13.1 Å². The molecule has 2 aromatic rings. The maximum Gasteiger partial charge on any atom is 0.0667 e. The van der Waals surface area contributed by atoms with Crippen LogP contribution in [0.3, 0.4) is 0 Å². The van der Waals surface area contributed by atoms with E-state index in [-0.39, 0.29) is 6.04 Å². The van der Waals surface area contributed by atoms with Gasteiger partial charge in [0.1, 0.15) is 0 Å². The van der Waals surface area contributed by atoms with Crippen LogP contribution in [0.25, 0.3) is 0 Å². The second-order valence-electron chi connectivity index (χ2n) is 5.73. The van der Waals surface area contributed by atoms with Crippen molar-refractivity contribution in [3.05, 3.63) is 64.7 Å². The monoisotopic (exact) mass is 282 g/mol. The van der Waals surface area contributed by atoms with Gasteiger partial charge in [0.2, 0.25) is 0 Å². The molecule has 112 valence electrons. The molecule has 2 nitrogen and oxygen atoms in total. The molecule has 2 heteroatoms. The lowest BCUT2D eigenvalue weighted by molar-refractivity contribution is 0.640. The number of benzene rings is 2. The number of aryl methyl sites for hydroxylation is 3. The minimum atomic E-state index is 0.221. The van der Waals surface area contributed by atoms with E-state index < -0.39 is 0 Å². The highest BCUT2D eigenvalue weighted by Crippen LogP contribution is 2.29. The van der Waals surface area contributed by atoms with Gasteiger partial charge in [0.25, 0.3) is 0 Å². The Morgan fingerprint density at radius 1 is 0.952 bits per heavy atom. The summed E-state index contributed by atoms with van der Waals surface area (Å²) in [7, 11) is 0. The molecule has 0 fully saturated rings. The van der Waals surface area contributed by atoms with Crippen molar-refractivity contribution in [2.24, 2.45) is 5.73 Å². The van der Waals surface area contributed by atoms with E-state index in [1.54, 1.807) is 0 Å². The zero-order chi connectivity index (χ0) is 15.4. The largest absolute Gasteiger partial charge is 0.363 e. The van der Waals surface area contributed by atoms with Crippen LogP contribution in [0, 0.1) is 20.8 Å². The SMILES string of the molecule is CCN(c1ccc(C)cc1)C(CN)c1ccc(C)cc1C. The lowest BCUT2D eigenvalue weighted by Crippen LogP contribution is -2.34. The number of rotatable bonds is 5. The Balaban J connectivity index is 2.39. The molecule has 1 atom stereocenters. The Morgan fingerprint density at radius 2 is 1.57 bits per heavy atom. The normalized spacial score (nSPS) is 12.2. The van der Waals surface area contributed by atoms with E-state index in [1.807, 2.05) is 0 Å². The van der Waals surface area contributed by atoms with E-state index in [2.05, 4.69) is 75.1 Å². The molecule has 0 amide bonds. The Kier molecular flexibility index (Phi) is 5.03. The van der Waals surface area contributed by atoms with Crippen LogP contribution in [0.5, 0.6) is 0 Å². The molecule has 2 N–H and O–H groups in total. The summed E-state index contributed by atoms with van der Waals surface area (Å²) in [5, 5.41) is 0. The summed E-state index contributed by atoms with van der Waals surface area (Å²) in [5.74, 6) is 0. The standard InChI is InChI=1S/C19H26N2/c1-5-21(17-9-6-14(2)7-10-17)19(13-20)18-11-8-15(3)12-16(18)4/h6-12,19H,5,13,20H2,1-4H3. The number of anilines is 1. The quantitative estimate of drug-likeness (QED) is 0.893. The van der Waals surface area contributed by atoms with E-state index in [9.17, 15) is 0 Å². The smallest absolute Gasteiger partial charge is 0.0667 e. The van der Waals surface area contributed by atoms with Crippen molar-refractivity contribution in [2.45, 2.75) is 33.7 Å². The summed E-state index contributed by atoms with van der Waals surface area (Å²) in [6.07, 6.45) is 0. The summed E-state index contributed by atoms with van der Waals surface area (Å²) in [6.45, 7) is 10.2. The Bertz CT molecular complexity index is 587. The number of hydrogen-bond acceptors (Lipinski definition) is 2. The second kappa shape index (κ2) is 6.77. The Hall–Kier alpha value is -1.80. The average Bonchev–Trinajstić information content (AvgIpc) is 2.47. The van der Waals surface area contributed by atoms with Crippen LogP contribution < -0.4 is 10.6 Å². The van der Waals surface area contributed by atoms with Gasteiger partial charge in [0.15, 0.2) is 0 Å². The van der Waals surface area contributed by atoms with Gasteiger partial charge in [-0.1, -0.05) is 41.5 Å². The van der Waals surface area contributed by atoms with Crippen LogP contribution in [0.2, 0.25) is 0 Å². The lowest BCUT2D eigenvalue weighted by Gasteiger charge is -2.33. The maximum atomic E-state index is 6.11. The van der Waals surface area contributed by atoms with Gasteiger partial charge in [-0.3, -0.25) is 0 Å². The molecule has 0 aliphatic rings. The molecule has 2 rings (SSSR count). The number of hydrogen-bond donors (Lipinski definition) is 1. The van der Waals surface area contributed by atoms with Crippen molar-refractivity contribution >= 4 is 5.69 Å². The third kappa shape index (κ3) is 3.45. The molecule has 0 aromatic heterocycles. The van der Waals surface area contributed by atoms with Crippen molar-refractivity contribution < 1.29 is 0 Å². The molecule has 21 heavy (non-hydrogen) atoms. The second-order valence-corrected chi connectivity index (χ2v) is 5.73. The third-order valence-corrected chi connectivity index (χ3v) is 4.09. The van der Waals surface area contributed by atoms with Gasteiger partial charge in [-0.15, -0.1) is 0 Å². The first kappa shape index (κ1) is 15.6. The van der Waals surface area contributed by atoms with Gasteiger partial charge >= 0.3 is 0 Å². The number of nitrogens with two attached hydrogens (primary N) is 1. The zero-order valence-electron chi connectivity index (χ0n) is 13.6. The van der Waals surface area contributed by atoms with Gasteiger partial charge < -0.3 is 10.6 Å². The van der Waals surface area contributed by atoms with Crippen LogP contribution in [0.4, 0.5) is 5.69 Å². The fourth-order valence-corrected chi connectivity index (χ4v) is 2.94. The van der Waals surface area contributed by atoms with Crippen LogP contribution in [-0.2, 0) is 0 Å². The number of likely N-dealkylation sites (N-methyl/N-ethyl adjacent to an activating group) is 1. The van der Waals surface area contributed by atoms with Crippen LogP contribution in [0.15, 0.2) is 42.5 Å². The fourth-order valence-electron chi connectivity index (χ4n) is 2.94. The first-order valence-corrected chi connectivity index (χ1v) is 7.67. The van der Waals surface area contributed by atoms with Crippen LogP contribution in [0.1, 0.15) is 35.2 Å². The molecular weight excluding hydrogens is 256 g/mol. The first-order chi connectivity index (χ1) is 10.1. The van der Waals surface area contributed by atoms with Crippen molar-refractivity contribution in [3.8, 4) is 0 Å². The molecule has 0 aliphatic carbocycles. The van der Waals surface area contributed by atoms with Crippen LogP contribution >= 0.6 is 0 Å². The Labute approximate surface area is 128 Å². The van der Waals surface area contributed by atoms with E-state index >= 15 is 0 Å². The van der Waals surface area contributed by atoms with Crippen molar-refractivity contribution in [1.29, 1.82) is 0 Å². The molecule has 0 heterocycles. The molecule has 0 aliphatic heterocycles. The maximum absolute atomic E-state index is 6.11. The molecule has 2 aromatic carbocycles. The van der Waals surface area contributed by atoms with Gasteiger partial charge in [-0.05, 0) is 51.0 Å². The molecule has 0 radical (unpaired) electrons. The molecule has 0 saturated carbocycles. The predicted octanol–water partition coefficient (Wildman–Crippen LogP) is 4.14.